The molecule has 2 N–H and O–H groups in total. The molecule has 2 saturated heterocycles. The van der Waals surface area contributed by atoms with Gasteiger partial charge < -0.3 is 20.2 Å². The summed E-state index contributed by atoms with van der Waals surface area (Å²) in [5, 5.41) is 12.3. The van der Waals surface area contributed by atoms with Crippen LogP contribution in [0.2, 0.25) is 0 Å². The third kappa shape index (κ3) is 7.77. The van der Waals surface area contributed by atoms with Gasteiger partial charge in [0.2, 0.25) is 0 Å². The number of nitrogens with zero attached hydrogens (tertiary/aromatic N) is 2. The first-order valence-corrected chi connectivity index (χ1v) is 14.6. The van der Waals surface area contributed by atoms with E-state index in [4.69, 9.17) is 9.90 Å². The second-order valence-electron chi connectivity index (χ2n) is 10.8. The predicted molar refractivity (Wildman–Crippen MR) is 155 cm³/mol. The lowest BCUT2D eigenvalue weighted by Crippen LogP contribution is -2.35. The third-order valence-electron chi connectivity index (χ3n) is 7.77. The number of aliphatic carboxylic acids is 1. The molecule has 2 unspecified atom stereocenters. The fourth-order valence-electron chi connectivity index (χ4n) is 5.70. The van der Waals surface area contributed by atoms with E-state index in [1.165, 1.54) is 11.3 Å². The quantitative estimate of drug-likeness (QED) is 0.370. The smallest absolute Gasteiger partial charge is 0.475 e. The Labute approximate surface area is 246 Å². The summed E-state index contributed by atoms with van der Waals surface area (Å²) in [4.78, 5) is 40.2. The molecule has 2 aromatic carbocycles. The highest BCUT2D eigenvalue weighted by molar-refractivity contribution is 7.12. The van der Waals surface area contributed by atoms with Gasteiger partial charge in [0.1, 0.15) is 0 Å². The van der Waals surface area contributed by atoms with E-state index in [1.807, 2.05) is 67.8 Å². The zero-order valence-electron chi connectivity index (χ0n) is 23.4. The molecular weight excluding hydrogens is 567 g/mol. The van der Waals surface area contributed by atoms with Crippen molar-refractivity contribution in [3.05, 3.63) is 93.2 Å². The summed E-state index contributed by atoms with van der Waals surface area (Å²) in [6, 6.07) is 20.1. The average Bonchev–Trinajstić information content (AvgIpc) is 3.69. The fourth-order valence-corrected chi connectivity index (χ4v) is 6.33. The topological polar surface area (TPSA) is 90.0 Å². The predicted octanol–water partition coefficient (Wildman–Crippen LogP) is 5.56. The first-order valence-electron chi connectivity index (χ1n) is 13.7. The minimum absolute atomic E-state index is 0.00667. The van der Waals surface area contributed by atoms with Gasteiger partial charge in [-0.15, -0.1) is 11.3 Å². The molecule has 1 aromatic heterocycles. The molecule has 2 aliphatic rings. The maximum Gasteiger partial charge on any atom is 0.490 e. The molecule has 0 radical (unpaired) electrons. The highest BCUT2D eigenvalue weighted by Gasteiger charge is 2.42. The molecule has 2 fully saturated rings. The minimum atomic E-state index is -5.08. The highest BCUT2D eigenvalue weighted by Crippen LogP contribution is 2.33. The van der Waals surface area contributed by atoms with Gasteiger partial charge in [-0.25, -0.2) is 4.79 Å². The van der Waals surface area contributed by atoms with Gasteiger partial charge in [0, 0.05) is 38.3 Å². The molecular formula is C31H34F3N3O4S. The van der Waals surface area contributed by atoms with Crippen LogP contribution < -0.4 is 5.32 Å². The van der Waals surface area contributed by atoms with E-state index in [1.54, 1.807) is 0 Å². The number of carboxylic acids is 1. The van der Waals surface area contributed by atoms with Crippen LogP contribution in [-0.4, -0.2) is 71.6 Å². The largest absolute Gasteiger partial charge is 0.490 e. The number of carbonyl (C=O) groups excluding carboxylic acids is 2. The van der Waals surface area contributed by atoms with Gasteiger partial charge in [0.05, 0.1) is 10.9 Å². The van der Waals surface area contributed by atoms with E-state index < -0.39 is 12.1 Å². The summed E-state index contributed by atoms with van der Waals surface area (Å²) >= 11 is 1.47. The van der Waals surface area contributed by atoms with Crippen molar-refractivity contribution in [1.29, 1.82) is 0 Å². The summed E-state index contributed by atoms with van der Waals surface area (Å²) in [5.41, 5.74) is 4.13. The van der Waals surface area contributed by atoms with E-state index in [-0.39, 0.29) is 17.9 Å². The van der Waals surface area contributed by atoms with Crippen LogP contribution in [0.5, 0.6) is 0 Å². The lowest BCUT2D eigenvalue weighted by Gasteiger charge is -2.25. The Kier molecular flexibility index (Phi) is 10.1. The van der Waals surface area contributed by atoms with Crippen molar-refractivity contribution in [2.75, 3.05) is 32.7 Å². The zero-order valence-corrected chi connectivity index (χ0v) is 24.3. The van der Waals surface area contributed by atoms with E-state index >= 15 is 0 Å². The summed E-state index contributed by atoms with van der Waals surface area (Å²) < 4.78 is 31.7. The van der Waals surface area contributed by atoms with E-state index in [9.17, 15) is 22.8 Å². The maximum absolute atomic E-state index is 13.2. The number of likely N-dealkylation sites (tertiary alicyclic amines) is 2. The summed E-state index contributed by atoms with van der Waals surface area (Å²) in [7, 11) is 0. The number of hydrogen-bond acceptors (Lipinski definition) is 5. The molecule has 11 heteroatoms. The number of benzene rings is 2. The monoisotopic (exact) mass is 601 g/mol. The molecule has 42 heavy (non-hydrogen) atoms. The number of rotatable bonds is 7. The molecule has 2 amide bonds. The number of fused-ring (bicyclic) bond motifs is 1. The van der Waals surface area contributed by atoms with Crippen molar-refractivity contribution < 1.29 is 32.7 Å². The van der Waals surface area contributed by atoms with Crippen molar-refractivity contribution in [3.8, 4) is 0 Å². The van der Waals surface area contributed by atoms with Crippen molar-refractivity contribution >= 4 is 29.1 Å². The lowest BCUT2D eigenvalue weighted by atomic mass is 10.0. The molecule has 3 atom stereocenters. The average molecular weight is 602 g/mol. The molecule has 0 spiro atoms. The Balaban J connectivity index is 0.000000517. The number of carbonyl (C=O) groups is 3. The van der Waals surface area contributed by atoms with Crippen LogP contribution in [0, 0.1) is 25.7 Å². The Morgan fingerprint density at radius 1 is 0.929 bits per heavy atom. The maximum atomic E-state index is 13.2. The molecule has 0 bridgehead atoms. The number of amides is 2. The second-order valence-corrected chi connectivity index (χ2v) is 11.7. The molecule has 0 saturated carbocycles. The number of aryl methyl sites for hydroxylation is 2. The van der Waals surface area contributed by atoms with Crippen LogP contribution in [0.1, 0.15) is 49.2 Å². The molecule has 7 nitrogen and oxygen atoms in total. The van der Waals surface area contributed by atoms with Crippen LogP contribution in [-0.2, 0) is 4.79 Å². The molecule has 3 aromatic rings. The standard InChI is InChI=1S/C29H33N3O2S.C2HF3O2/c1-20-8-6-9-21(2)27(20)29(34)32-18-23-16-31(17-24(23)19-32)14-13-25(22-10-4-3-5-11-22)30-28(33)26-12-7-15-35-26;3-2(4,5)1(6)7/h3-12,15,23-25H,13-14,16-19H2,1-2H3,(H,30,33);(H,6,7)/t23-,24?,25?;/m0./s1. The number of hydrogen-bond donors (Lipinski definition) is 2. The third-order valence-corrected chi connectivity index (χ3v) is 8.64. The minimum Gasteiger partial charge on any atom is -0.475 e. The van der Waals surface area contributed by atoms with Gasteiger partial charge in [0.25, 0.3) is 11.8 Å². The van der Waals surface area contributed by atoms with Crippen molar-refractivity contribution in [2.45, 2.75) is 32.5 Å². The van der Waals surface area contributed by atoms with E-state index in [0.29, 0.717) is 11.8 Å². The number of nitrogens with one attached hydrogen (secondary N) is 1. The van der Waals surface area contributed by atoms with Gasteiger partial charge in [0.15, 0.2) is 0 Å². The van der Waals surface area contributed by atoms with Gasteiger partial charge in [-0.05, 0) is 60.2 Å². The first-order chi connectivity index (χ1) is 19.9. The summed E-state index contributed by atoms with van der Waals surface area (Å²) in [6.45, 7) is 8.69. The number of carboxylic acid groups (broad SMARTS) is 1. The van der Waals surface area contributed by atoms with Crippen molar-refractivity contribution in [3.63, 3.8) is 0 Å². The van der Waals surface area contributed by atoms with Crippen LogP contribution in [0.3, 0.4) is 0 Å². The second kappa shape index (κ2) is 13.5. The Bertz CT molecular complexity index is 1350. The highest BCUT2D eigenvalue weighted by atomic mass is 32.1. The van der Waals surface area contributed by atoms with Crippen LogP contribution in [0.25, 0.3) is 0 Å². The van der Waals surface area contributed by atoms with Gasteiger partial charge >= 0.3 is 12.1 Å². The Morgan fingerprint density at radius 2 is 1.52 bits per heavy atom. The Hall–Kier alpha value is -3.70. The molecule has 0 aliphatic carbocycles. The van der Waals surface area contributed by atoms with Crippen molar-refractivity contribution in [2.24, 2.45) is 11.8 Å². The molecule has 2 aliphatic heterocycles. The molecule has 5 rings (SSSR count). The normalized spacial score (nSPS) is 19.0. The fraction of sp³-hybridized carbons (Fsp3) is 0.387. The number of halogens is 3. The summed E-state index contributed by atoms with van der Waals surface area (Å²) in [5.74, 6) is -1.53. The van der Waals surface area contributed by atoms with Crippen LogP contribution in [0.15, 0.2) is 66.0 Å². The molecule has 224 valence electrons. The van der Waals surface area contributed by atoms with E-state index in [0.717, 1.165) is 66.3 Å². The Morgan fingerprint density at radius 3 is 2.05 bits per heavy atom. The van der Waals surface area contributed by atoms with Gasteiger partial charge in [-0.3, -0.25) is 9.59 Å². The molecule has 3 heterocycles. The number of thiophene rings is 1. The SMILES string of the molecule is Cc1cccc(C)c1C(=O)N1CC2CN(CCC(NC(=O)c3cccs3)c3ccccc3)C[C@H]2C1.O=C(O)C(F)(F)F. The van der Waals surface area contributed by atoms with E-state index in [2.05, 4.69) is 27.2 Å². The first kappa shape index (κ1) is 31.2. The van der Waals surface area contributed by atoms with Gasteiger partial charge in [-0.1, -0.05) is 54.6 Å². The van der Waals surface area contributed by atoms with Crippen LogP contribution >= 0.6 is 11.3 Å². The zero-order chi connectivity index (χ0) is 30.4. The van der Waals surface area contributed by atoms with Gasteiger partial charge in [-0.2, -0.15) is 13.2 Å². The number of alkyl halides is 3. The summed E-state index contributed by atoms with van der Waals surface area (Å²) in [6.07, 6.45) is -4.22. The lowest BCUT2D eigenvalue weighted by molar-refractivity contribution is -0.192. The van der Waals surface area contributed by atoms with Crippen LogP contribution in [0.4, 0.5) is 13.2 Å². The van der Waals surface area contributed by atoms with Crippen molar-refractivity contribution in [1.82, 2.24) is 15.1 Å².